The lowest BCUT2D eigenvalue weighted by molar-refractivity contribution is -0.130. The first kappa shape index (κ1) is 15.0. The smallest absolute Gasteiger partial charge is 0.225 e. The number of rotatable bonds is 6. The van der Waals surface area contributed by atoms with Gasteiger partial charge in [0.25, 0.3) is 0 Å². The van der Waals surface area contributed by atoms with Crippen LogP contribution in [0.4, 0.5) is 0 Å². The van der Waals surface area contributed by atoms with Crippen LogP contribution in [0.2, 0.25) is 0 Å². The molecule has 0 spiro atoms. The molecule has 0 atom stereocenters. The highest BCUT2D eigenvalue weighted by molar-refractivity contribution is 5.76. The molecule has 0 radical (unpaired) electrons. The van der Waals surface area contributed by atoms with E-state index >= 15 is 0 Å². The van der Waals surface area contributed by atoms with E-state index in [4.69, 9.17) is 10.00 Å². The van der Waals surface area contributed by atoms with Crippen molar-refractivity contribution in [3.8, 4) is 11.8 Å². The minimum Gasteiger partial charge on any atom is -0.493 e. The van der Waals surface area contributed by atoms with E-state index in [-0.39, 0.29) is 5.91 Å². The van der Waals surface area contributed by atoms with Crippen molar-refractivity contribution in [3.63, 3.8) is 0 Å². The normalized spacial score (nSPS) is 9.79. The van der Waals surface area contributed by atoms with E-state index in [9.17, 15) is 4.79 Å². The fraction of sp³-hybridized carbons (Fsp3) is 0.467. The van der Waals surface area contributed by atoms with E-state index in [1.54, 1.807) is 11.9 Å². The summed E-state index contributed by atoms with van der Waals surface area (Å²) in [7, 11) is 1.71. The molecule has 0 N–H and O–H groups in total. The Balaban J connectivity index is 2.42. The van der Waals surface area contributed by atoms with Crippen LogP contribution in [0.5, 0.6) is 5.75 Å². The number of carbonyl (C=O) groups excluding carboxylic acids is 1. The molecular formula is C15H20N2O2. The molecule has 0 fully saturated rings. The van der Waals surface area contributed by atoms with Crippen LogP contribution < -0.4 is 4.74 Å². The second-order valence-corrected chi connectivity index (χ2v) is 4.54. The van der Waals surface area contributed by atoms with Crippen molar-refractivity contribution >= 4 is 5.91 Å². The van der Waals surface area contributed by atoms with Crippen molar-refractivity contribution in [1.29, 1.82) is 5.26 Å². The molecular weight excluding hydrogens is 240 g/mol. The van der Waals surface area contributed by atoms with Crippen molar-refractivity contribution in [2.24, 2.45) is 0 Å². The molecule has 0 aliphatic rings. The Bertz CT molecular complexity index is 457. The lowest BCUT2D eigenvalue weighted by Crippen LogP contribution is -2.28. The Hall–Kier alpha value is -2.02. The van der Waals surface area contributed by atoms with Crippen LogP contribution in [0.1, 0.15) is 24.0 Å². The summed E-state index contributed by atoms with van der Waals surface area (Å²) >= 11 is 0. The molecule has 0 heterocycles. The second-order valence-electron chi connectivity index (χ2n) is 4.54. The summed E-state index contributed by atoms with van der Waals surface area (Å²) in [5.41, 5.74) is 2.15. The van der Waals surface area contributed by atoms with Crippen molar-refractivity contribution in [3.05, 3.63) is 29.3 Å². The molecule has 0 aliphatic carbocycles. The molecule has 19 heavy (non-hydrogen) atoms. The zero-order valence-electron chi connectivity index (χ0n) is 11.8. The minimum atomic E-state index is 0.00138. The molecule has 4 heteroatoms. The fourth-order valence-electron chi connectivity index (χ4n) is 1.80. The molecule has 0 aliphatic heterocycles. The molecule has 1 rings (SSSR count). The van der Waals surface area contributed by atoms with E-state index in [0.29, 0.717) is 26.0 Å². The Morgan fingerprint density at radius 2 is 2.00 bits per heavy atom. The average molecular weight is 260 g/mol. The Labute approximate surface area is 114 Å². The van der Waals surface area contributed by atoms with Crippen LogP contribution in [0.25, 0.3) is 0 Å². The van der Waals surface area contributed by atoms with E-state index in [1.807, 2.05) is 38.1 Å². The topological polar surface area (TPSA) is 53.3 Å². The summed E-state index contributed by atoms with van der Waals surface area (Å²) < 4.78 is 5.68. The highest BCUT2D eigenvalue weighted by Gasteiger charge is 2.09. The van der Waals surface area contributed by atoms with Crippen LogP contribution in [0.3, 0.4) is 0 Å². The van der Waals surface area contributed by atoms with Gasteiger partial charge in [0.05, 0.1) is 25.5 Å². The lowest BCUT2D eigenvalue weighted by atomic mass is 10.1. The van der Waals surface area contributed by atoms with Gasteiger partial charge in [-0.3, -0.25) is 4.79 Å². The molecule has 1 aromatic rings. The monoisotopic (exact) mass is 260 g/mol. The van der Waals surface area contributed by atoms with Gasteiger partial charge in [0.15, 0.2) is 0 Å². The van der Waals surface area contributed by atoms with Crippen molar-refractivity contribution in [2.75, 3.05) is 20.2 Å². The largest absolute Gasteiger partial charge is 0.493 e. The number of ether oxygens (including phenoxy) is 1. The van der Waals surface area contributed by atoms with Gasteiger partial charge in [0.1, 0.15) is 5.75 Å². The number of aryl methyl sites for hydroxylation is 2. The molecule has 0 saturated heterocycles. The Morgan fingerprint density at radius 3 is 2.58 bits per heavy atom. The van der Waals surface area contributed by atoms with Crippen LogP contribution in [-0.4, -0.2) is 31.0 Å². The third-order valence-electron chi connectivity index (χ3n) is 2.96. The number of amides is 1. The minimum absolute atomic E-state index is 0.00138. The van der Waals surface area contributed by atoms with Crippen LogP contribution in [0.15, 0.2) is 18.2 Å². The van der Waals surface area contributed by atoms with E-state index < -0.39 is 0 Å². The van der Waals surface area contributed by atoms with Gasteiger partial charge in [-0.15, -0.1) is 0 Å². The Kier molecular flexibility index (Phi) is 5.87. The van der Waals surface area contributed by atoms with Gasteiger partial charge in [0.2, 0.25) is 5.91 Å². The highest BCUT2D eigenvalue weighted by Crippen LogP contribution is 2.22. The van der Waals surface area contributed by atoms with Gasteiger partial charge in [-0.25, -0.2) is 0 Å². The lowest BCUT2D eigenvalue weighted by Gasteiger charge is -2.16. The second kappa shape index (κ2) is 7.42. The summed E-state index contributed by atoms with van der Waals surface area (Å²) in [6.45, 7) is 4.81. The van der Waals surface area contributed by atoms with E-state index in [1.165, 1.54) is 0 Å². The van der Waals surface area contributed by atoms with Gasteiger partial charge in [-0.2, -0.15) is 5.26 Å². The van der Waals surface area contributed by atoms with E-state index in [2.05, 4.69) is 0 Å². The van der Waals surface area contributed by atoms with Gasteiger partial charge in [0, 0.05) is 13.6 Å². The highest BCUT2D eigenvalue weighted by atomic mass is 16.5. The van der Waals surface area contributed by atoms with Crippen LogP contribution in [-0.2, 0) is 4.79 Å². The molecule has 102 valence electrons. The number of nitriles is 1. The molecule has 0 saturated carbocycles. The maximum atomic E-state index is 11.7. The van der Waals surface area contributed by atoms with Gasteiger partial charge >= 0.3 is 0 Å². The third-order valence-corrected chi connectivity index (χ3v) is 2.96. The average Bonchev–Trinajstić information content (AvgIpc) is 2.39. The summed E-state index contributed by atoms with van der Waals surface area (Å²) in [6, 6.07) is 7.99. The Morgan fingerprint density at radius 1 is 1.37 bits per heavy atom. The predicted octanol–water partition coefficient (Wildman–Crippen LogP) is 2.44. The number of hydrogen-bond donors (Lipinski definition) is 0. The molecule has 0 unspecified atom stereocenters. The van der Waals surface area contributed by atoms with Gasteiger partial charge < -0.3 is 9.64 Å². The summed E-state index contributed by atoms with van der Waals surface area (Å²) in [6.07, 6.45) is 0.690. The number of carbonyl (C=O) groups is 1. The van der Waals surface area contributed by atoms with Gasteiger partial charge in [-0.05, 0) is 25.0 Å². The number of para-hydroxylation sites is 1. The molecule has 4 nitrogen and oxygen atoms in total. The van der Waals surface area contributed by atoms with Gasteiger partial charge in [-0.1, -0.05) is 18.2 Å². The summed E-state index contributed by atoms with van der Waals surface area (Å²) in [4.78, 5) is 13.3. The SMILES string of the molecule is Cc1cccc(C)c1OCCC(=O)N(C)CCC#N. The number of nitrogens with zero attached hydrogens (tertiary/aromatic N) is 2. The molecule has 1 amide bonds. The third kappa shape index (κ3) is 4.63. The maximum Gasteiger partial charge on any atom is 0.225 e. The summed E-state index contributed by atoms with van der Waals surface area (Å²) in [5.74, 6) is 0.858. The van der Waals surface area contributed by atoms with Crippen LogP contribution >= 0.6 is 0 Å². The number of benzene rings is 1. The van der Waals surface area contributed by atoms with Crippen molar-refractivity contribution in [1.82, 2.24) is 4.90 Å². The van der Waals surface area contributed by atoms with Crippen molar-refractivity contribution < 1.29 is 9.53 Å². The summed E-state index contributed by atoms with van der Waals surface area (Å²) in [5, 5.41) is 8.47. The zero-order valence-corrected chi connectivity index (χ0v) is 11.8. The molecule has 0 aromatic heterocycles. The molecule has 1 aromatic carbocycles. The predicted molar refractivity (Wildman–Crippen MR) is 73.9 cm³/mol. The zero-order chi connectivity index (χ0) is 14.3. The first-order chi connectivity index (χ1) is 9.06. The maximum absolute atomic E-state index is 11.7. The van der Waals surface area contributed by atoms with Crippen molar-refractivity contribution in [2.45, 2.75) is 26.7 Å². The number of hydrogen-bond acceptors (Lipinski definition) is 3. The fourth-order valence-corrected chi connectivity index (χ4v) is 1.80. The molecule has 0 bridgehead atoms. The quantitative estimate of drug-likeness (QED) is 0.789. The van der Waals surface area contributed by atoms with E-state index in [0.717, 1.165) is 16.9 Å². The first-order valence-corrected chi connectivity index (χ1v) is 6.36. The standard InChI is InChI=1S/C15H20N2O2/c1-12-6-4-7-13(2)15(12)19-11-8-14(18)17(3)10-5-9-16/h4,6-7H,5,8,10-11H2,1-3H3. The first-order valence-electron chi connectivity index (χ1n) is 6.36. The van der Waals surface area contributed by atoms with Crippen LogP contribution in [0, 0.1) is 25.2 Å².